The molecule has 2 aromatic carbocycles. The van der Waals surface area contributed by atoms with E-state index >= 15 is 0 Å². The average Bonchev–Trinajstić information content (AvgIpc) is 2.68. The lowest BCUT2D eigenvalue weighted by atomic mass is 10.0. The van der Waals surface area contributed by atoms with Gasteiger partial charge in [0.05, 0.1) is 19.6 Å². The highest BCUT2D eigenvalue weighted by Crippen LogP contribution is 2.19. The topological polar surface area (TPSA) is 67.6 Å². The van der Waals surface area contributed by atoms with Gasteiger partial charge >= 0.3 is 0 Å². The van der Waals surface area contributed by atoms with Crippen molar-refractivity contribution in [2.75, 3.05) is 31.2 Å². The highest BCUT2D eigenvalue weighted by Gasteiger charge is 2.11. The number of hydrazine groups is 1. The van der Waals surface area contributed by atoms with E-state index in [1.54, 1.807) is 0 Å². The maximum Gasteiger partial charge on any atom is 0.238 e. The number of hydrogen-bond acceptors (Lipinski definition) is 4. The zero-order valence-corrected chi connectivity index (χ0v) is 14.4. The summed E-state index contributed by atoms with van der Waals surface area (Å²) in [6.07, 6.45) is 2.30. The fraction of sp³-hybridized carbons (Fsp3) is 0.350. The third kappa shape index (κ3) is 5.05. The largest absolute Gasteiger partial charge is 0.378 e. The van der Waals surface area contributed by atoms with Crippen LogP contribution in [0, 0.1) is 0 Å². The highest BCUT2D eigenvalue weighted by molar-refractivity contribution is 5.77. The number of nitrogens with two attached hydrogens (primary N) is 1. The predicted molar refractivity (Wildman–Crippen MR) is 99.4 cm³/mol. The smallest absolute Gasteiger partial charge is 0.238 e. The first-order valence-corrected chi connectivity index (χ1v) is 8.73. The van der Waals surface area contributed by atoms with E-state index in [4.69, 9.17) is 10.6 Å². The van der Waals surface area contributed by atoms with Gasteiger partial charge in [0, 0.05) is 18.8 Å². The van der Waals surface area contributed by atoms with Gasteiger partial charge < -0.3 is 9.64 Å². The van der Waals surface area contributed by atoms with Crippen molar-refractivity contribution in [3.05, 3.63) is 65.2 Å². The zero-order valence-electron chi connectivity index (χ0n) is 14.4. The van der Waals surface area contributed by atoms with Gasteiger partial charge in [-0.1, -0.05) is 36.4 Å². The molecule has 1 aliphatic rings. The van der Waals surface area contributed by atoms with Crippen LogP contribution in [0.1, 0.15) is 16.7 Å². The van der Waals surface area contributed by atoms with Crippen LogP contribution < -0.4 is 16.2 Å². The Bertz CT molecular complexity index is 694. The lowest BCUT2D eigenvalue weighted by Gasteiger charge is -2.29. The molecule has 0 saturated carbocycles. The third-order valence-electron chi connectivity index (χ3n) is 4.54. The second-order valence-corrected chi connectivity index (χ2v) is 6.33. The summed E-state index contributed by atoms with van der Waals surface area (Å²) in [5.41, 5.74) is 7.03. The van der Waals surface area contributed by atoms with E-state index in [-0.39, 0.29) is 5.91 Å². The number of morpholine rings is 1. The molecule has 132 valence electrons. The van der Waals surface area contributed by atoms with Gasteiger partial charge in [-0.05, 0) is 41.7 Å². The van der Waals surface area contributed by atoms with Gasteiger partial charge in [0.25, 0.3) is 0 Å². The molecule has 2 aromatic rings. The molecule has 3 N–H and O–H groups in total. The van der Waals surface area contributed by atoms with Crippen LogP contribution >= 0.6 is 0 Å². The molecule has 1 fully saturated rings. The molecule has 0 bridgehead atoms. The fourth-order valence-corrected chi connectivity index (χ4v) is 3.08. The SMILES string of the molecule is NNC(=O)Cc1ccc(CCc2cccc(N3CCOCC3)c2)cc1. The van der Waals surface area contributed by atoms with Gasteiger partial charge in [-0.25, -0.2) is 5.84 Å². The van der Waals surface area contributed by atoms with Crippen molar-refractivity contribution < 1.29 is 9.53 Å². The van der Waals surface area contributed by atoms with Crippen molar-refractivity contribution in [3.8, 4) is 0 Å². The van der Waals surface area contributed by atoms with Crippen molar-refractivity contribution >= 4 is 11.6 Å². The molecule has 0 spiro atoms. The summed E-state index contributed by atoms with van der Waals surface area (Å²) in [5, 5.41) is 0. The van der Waals surface area contributed by atoms with Crippen molar-refractivity contribution in [3.63, 3.8) is 0 Å². The lowest BCUT2D eigenvalue weighted by molar-refractivity contribution is -0.120. The predicted octanol–water partition coefficient (Wildman–Crippen LogP) is 1.84. The maximum absolute atomic E-state index is 11.3. The van der Waals surface area contributed by atoms with E-state index < -0.39 is 0 Å². The molecular formula is C20H25N3O2. The van der Waals surface area contributed by atoms with Crippen molar-refractivity contribution in [1.29, 1.82) is 0 Å². The Hall–Kier alpha value is -2.37. The Balaban J connectivity index is 1.57. The van der Waals surface area contributed by atoms with E-state index in [1.807, 2.05) is 12.1 Å². The van der Waals surface area contributed by atoms with Crippen LogP contribution in [-0.4, -0.2) is 32.2 Å². The number of carbonyl (C=O) groups is 1. The van der Waals surface area contributed by atoms with Crippen molar-refractivity contribution in [1.82, 2.24) is 5.43 Å². The van der Waals surface area contributed by atoms with Crippen LogP contribution in [0.4, 0.5) is 5.69 Å². The number of nitrogens with zero attached hydrogens (tertiary/aromatic N) is 1. The normalized spacial score (nSPS) is 14.4. The van der Waals surface area contributed by atoms with Crippen LogP contribution in [0.15, 0.2) is 48.5 Å². The Morgan fingerprint density at radius 2 is 1.68 bits per heavy atom. The van der Waals surface area contributed by atoms with Crippen molar-refractivity contribution in [2.24, 2.45) is 5.84 Å². The van der Waals surface area contributed by atoms with E-state index in [0.717, 1.165) is 44.7 Å². The van der Waals surface area contributed by atoms with Crippen molar-refractivity contribution in [2.45, 2.75) is 19.3 Å². The Morgan fingerprint density at radius 3 is 2.40 bits per heavy atom. The molecule has 5 heteroatoms. The number of ether oxygens (including phenoxy) is 1. The molecule has 1 heterocycles. The summed E-state index contributed by atoms with van der Waals surface area (Å²) in [6.45, 7) is 3.53. The van der Waals surface area contributed by atoms with Crippen LogP contribution in [0.25, 0.3) is 0 Å². The number of rotatable bonds is 6. The minimum Gasteiger partial charge on any atom is -0.378 e. The Labute approximate surface area is 148 Å². The number of carbonyl (C=O) groups excluding carboxylic acids is 1. The van der Waals surface area contributed by atoms with Crippen LogP contribution in [-0.2, 0) is 28.8 Å². The molecule has 5 nitrogen and oxygen atoms in total. The maximum atomic E-state index is 11.3. The molecule has 0 radical (unpaired) electrons. The summed E-state index contributed by atoms with van der Waals surface area (Å²) < 4.78 is 5.42. The van der Waals surface area contributed by atoms with Gasteiger partial charge in [0.15, 0.2) is 0 Å². The molecule has 25 heavy (non-hydrogen) atoms. The fourth-order valence-electron chi connectivity index (χ4n) is 3.08. The number of anilines is 1. The monoisotopic (exact) mass is 339 g/mol. The zero-order chi connectivity index (χ0) is 17.5. The van der Waals surface area contributed by atoms with Gasteiger partial charge in [0.2, 0.25) is 5.91 Å². The van der Waals surface area contributed by atoms with Gasteiger partial charge in [-0.3, -0.25) is 10.2 Å². The molecular weight excluding hydrogens is 314 g/mol. The molecule has 1 aliphatic heterocycles. The molecule has 1 amide bonds. The first-order valence-electron chi connectivity index (χ1n) is 8.73. The number of nitrogens with one attached hydrogen (secondary N) is 1. The van der Waals surface area contributed by atoms with E-state index in [0.29, 0.717) is 6.42 Å². The molecule has 0 aliphatic carbocycles. The minimum atomic E-state index is -0.173. The second kappa shape index (κ2) is 8.65. The molecule has 0 atom stereocenters. The van der Waals surface area contributed by atoms with Gasteiger partial charge in [-0.2, -0.15) is 0 Å². The first kappa shape index (κ1) is 17.5. The van der Waals surface area contributed by atoms with Gasteiger partial charge in [0.1, 0.15) is 0 Å². The van der Waals surface area contributed by atoms with Crippen LogP contribution in [0.5, 0.6) is 0 Å². The Kier molecular flexibility index (Phi) is 6.04. The quantitative estimate of drug-likeness (QED) is 0.479. The summed E-state index contributed by atoms with van der Waals surface area (Å²) in [7, 11) is 0. The summed E-state index contributed by atoms with van der Waals surface area (Å²) in [4.78, 5) is 13.7. The van der Waals surface area contributed by atoms with E-state index in [9.17, 15) is 4.79 Å². The first-order chi connectivity index (χ1) is 12.2. The summed E-state index contributed by atoms with van der Waals surface area (Å²) in [5.74, 6) is 4.94. The molecule has 1 saturated heterocycles. The number of hydrogen-bond donors (Lipinski definition) is 2. The second-order valence-electron chi connectivity index (χ2n) is 6.33. The molecule has 0 unspecified atom stereocenters. The lowest BCUT2D eigenvalue weighted by Crippen LogP contribution is -2.36. The third-order valence-corrected chi connectivity index (χ3v) is 4.54. The summed E-state index contributed by atoms with van der Waals surface area (Å²) >= 11 is 0. The highest BCUT2D eigenvalue weighted by atomic mass is 16.5. The average molecular weight is 339 g/mol. The molecule has 3 rings (SSSR count). The van der Waals surface area contributed by atoms with E-state index in [2.05, 4.69) is 46.7 Å². The number of benzene rings is 2. The van der Waals surface area contributed by atoms with Crippen LogP contribution in [0.3, 0.4) is 0 Å². The standard InChI is InChI=1S/C20H25N3O2/c21-22-20(24)15-18-8-5-16(6-9-18)4-7-17-2-1-3-19(14-17)23-10-12-25-13-11-23/h1-3,5-6,8-9,14H,4,7,10-13,15,21H2,(H,22,24). The van der Waals surface area contributed by atoms with E-state index in [1.165, 1.54) is 16.8 Å². The number of amides is 1. The van der Waals surface area contributed by atoms with Crippen LogP contribution in [0.2, 0.25) is 0 Å². The van der Waals surface area contributed by atoms with Gasteiger partial charge in [-0.15, -0.1) is 0 Å². The molecule has 0 aromatic heterocycles. The number of aryl methyl sites for hydroxylation is 2. The summed E-state index contributed by atoms with van der Waals surface area (Å²) in [6, 6.07) is 16.9. The minimum absolute atomic E-state index is 0.173. The Morgan fingerprint density at radius 1 is 1.00 bits per heavy atom.